The molecule has 0 bridgehead atoms. The van der Waals surface area contributed by atoms with Gasteiger partial charge in [0.05, 0.1) is 24.6 Å². The van der Waals surface area contributed by atoms with Gasteiger partial charge >= 0.3 is 0 Å². The lowest BCUT2D eigenvalue weighted by Gasteiger charge is -2.24. The number of alkyl halides is 2. The summed E-state index contributed by atoms with van der Waals surface area (Å²) in [6, 6.07) is 14.5. The number of halogens is 4. The smallest absolute Gasteiger partial charge is 0.162 e. The van der Waals surface area contributed by atoms with Gasteiger partial charge in [-0.3, -0.25) is 0 Å². The van der Waals surface area contributed by atoms with E-state index in [1.165, 1.54) is 0 Å². The van der Waals surface area contributed by atoms with E-state index < -0.39 is 17.1 Å². The van der Waals surface area contributed by atoms with Crippen LogP contribution < -0.4 is 0 Å². The number of rotatable bonds is 10. The lowest BCUT2D eigenvalue weighted by atomic mass is 10.1. The molecule has 0 aliphatic heterocycles. The molecule has 0 spiro atoms. The Bertz CT molecular complexity index is 685. The van der Waals surface area contributed by atoms with Crippen molar-refractivity contribution >= 4 is 45.3 Å². The largest absolute Gasteiger partial charge is 0.376 e. The molecule has 2 rings (SSSR count). The predicted octanol–water partition coefficient (Wildman–Crippen LogP) is 5.85. The van der Waals surface area contributed by atoms with Crippen LogP contribution in [0.3, 0.4) is 0 Å². The molecule has 2 aromatic rings. The van der Waals surface area contributed by atoms with Crippen molar-refractivity contribution in [2.45, 2.75) is 30.3 Å². The Morgan fingerprint density at radius 1 is 0.962 bits per heavy atom. The molecular weight excluding hydrogens is 444 g/mol. The van der Waals surface area contributed by atoms with E-state index in [1.807, 2.05) is 24.3 Å². The summed E-state index contributed by atoms with van der Waals surface area (Å²) in [6.45, 7) is 0.836. The van der Waals surface area contributed by atoms with Crippen molar-refractivity contribution in [1.29, 1.82) is 5.41 Å². The van der Waals surface area contributed by atoms with Gasteiger partial charge in [-0.15, -0.1) is 0 Å². The Morgan fingerprint density at radius 2 is 1.46 bits per heavy atom. The number of nitrogens with one attached hydrogen (secondary N) is 1. The molecule has 26 heavy (non-hydrogen) atoms. The average Bonchev–Trinajstić information content (AvgIpc) is 2.64. The summed E-state index contributed by atoms with van der Waals surface area (Å²) >= 11 is 15.1. The van der Waals surface area contributed by atoms with Gasteiger partial charge in [-0.05, 0) is 35.4 Å². The minimum Gasteiger partial charge on any atom is -0.376 e. The Kier molecular flexibility index (Phi) is 9.02. The van der Waals surface area contributed by atoms with Crippen LogP contribution >= 0.6 is 39.1 Å². The summed E-state index contributed by atoms with van der Waals surface area (Å²) in [5.74, 6) is 0. The van der Waals surface area contributed by atoms with Gasteiger partial charge in [0.25, 0.3) is 0 Å². The fraction of sp³-hybridized carbons (Fsp3) is 0.316. The van der Waals surface area contributed by atoms with E-state index in [0.717, 1.165) is 17.3 Å². The van der Waals surface area contributed by atoms with Crippen LogP contribution in [0.2, 0.25) is 10.0 Å². The lowest BCUT2D eigenvalue weighted by molar-refractivity contribution is -0.00984. The number of hydrogen-bond acceptors (Lipinski definition) is 3. The summed E-state index contributed by atoms with van der Waals surface area (Å²) in [5, 5.41) is 8.49. The first-order chi connectivity index (χ1) is 12.5. The maximum atomic E-state index is 14.1. The molecule has 3 nitrogen and oxygen atoms in total. The van der Waals surface area contributed by atoms with E-state index in [2.05, 4.69) is 15.9 Å². The second kappa shape index (κ2) is 11.0. The van der Waals surface area contributed by atoms with Crippen molar-refractivity contribution in [2.24, 2.45) is 0 Å². The van der Waals surface area contributed by atoms with Gasteiger partial charge in [-0.1, -0.05) is 63.4 Å². The molecule has 0 saturated carbocycles. The second-order valence-corrected chi connectivity index (χ2v) is 7.72. The molecule has 0 saturated heterocycles. The molecule has 3 atom stereocenters. The molecular formula is C19H19BrCl2FNO2. The molecule has 0 aliphatic rings. The topological polar surface area (TPSA) is 42.3 Å². The van der Waals surface area contributed by atoms with Gasteiger partial charge < -0.3 is 14.9 Å². The summed E-state index contributed by atoms with van der Waals surface area (Å²) in [7, 11) is 0. The molecule has 140 valence electrons. The molecule has 1 N–H and O–H groups in total. The van der Waals surface area contributed by atoms with Crippen LogP contribution in [0.4, 0.5) is 4.39 Å². The van der Waals surface area contributed by atoms with Crippen LogP contribution in [0.1, 0.15) is 11.1 Å². The Hall–Kier alpha value is -0.980. The Morgan fingerprint density at radius 3 is 1.96 bits per heavy atom. The zero-order valence-electron chi connectivity index (χ0n) is 13.9. The monoisotopic (exact) mass is 461 g/mol. The molecule has 0 aliphatic carbocycles. The third kappa shape index (κ3) is 6.97. The minimum absolute atomic E-state index is 0.218. The maximum absolute atomic E-state index is 14.1. The summed E-state index contributed by atoms with van der Waals surface area (Å²) < 4.78 is 25.4. The Balaban J connectivity index is 1.86. The summed E-state index contributed by atoms with van der Waals surface area (Å²) in [6.07, 6.45) is -1.64. The Labute approximate surface area is 171 Å². The van der Waals surface area contributed by atoms with E-state index >= 15 is 0 Å². The highest BCUT2D eigenvalue weighted by atomic mass is 79.9. The highest BCUT2D eigenvalue weighted by Crippen LogP contribution is 2.19. The second-order valence-electron chi connectivity index (χ2n) is 5.67. The first-order valence-electron chi connectivity index (χ1n) is 7.96. The van der Waals surface area contributed by atoms with Crippen molar-refractivity contribution in [2.75, 3.05) is 6.61 Å². The maximum Gasteiger partial charge on any atom is 0.162 e. The van der Waals surface area contributed by atoms with Gasteiger partial charge in [-0.2, -0.15) is 0 Å². The number of hydrogen-bond donors (Lipinski definition) is 1. The SMILES string of the molecule is N=C[C@@H](F)[C@H](OCc1ccc(Cl)cc1)[C@@H](Br)COCc1ccc(Cl)cc1. The molecule has 0 unspecified atom stereocenters. The predicted molar refractivity (Wildman–Crippen MR) is 108 cm³/mol. The van der Waals surface area contributed by atoms with Crippen molar-refractivity contribution in [1.82, 2.24) is 0 Å². The van der Waals surface area contributed by atoms with E-state index in [-0.39, 0.29) is 13.2 Å². The van der Waals surface area contributed by atoms with Crippen LogP contribution in [0.5, 0.6) is 0 Å². The first-order valence-corrected chi connectivity index (χ1v) is 9.63. The fourth-order valence-electron chi connectivity index (χ4n) is 2.23. The third-order valence-corrected chi connectivity index (χ3v) is 4.93. The normalized spacial score (nSPS) is 14.6. The molecule has 0 aromatic heterocycles. The number of benzene rings is 2. The van der Waals surface area contributed by atoms with Crippen LogP contribution in [0, 0.1) is 5.41 Å². The van der Waals surface area contributed by atoms with Gasteiger partial charge in [-0.25, -0.2) is 4.39 Å². The molecule has 0 radical (unpaired) electrons. The zero-order valence-corrected chi connectivity index (χ0v) is 17.0. The van der Waals surface area contributed by atoms with Crippen LogP contribution in [-0.4, -0.2) is 29.9 Å². The molecule has 0 fully saturated rings. The standard InChI is InChI=1S/C19H19BrCl2FNO2/c20-17(12-25-10-13-1-5-15(21)6-2-13)19(18(23)9-24)26-11-14-3-7-16(22)8-4-14/h1-9,17-19,24H,10-12H2/t17-,18+,19+/m0/s1. The summed E-state index contributed by atoms with van der Waals surface area (Å²) in [5.41, 5.74) is 1.84. The van der Waals surface area contributed by atoms with Crippen LogP contribution in [0.25, 0.3) is 0 Å². The van der Waals surface area contributed by atoms with E-state index in [4.69, 9.17) is 38.1 Å². The zero-order chi connectivity index (χ0) is 18.9. The molecule has 2 aromatic carbocycles. The highest BCUT2D eigenvalue weighted by molar-refractivity contribution is 9.09. The number of ether oxygens (including phenoxy) is 2. The van der Waals surface area contributed by atoms with Crippen molar-refractivity contribution in [3.63, 3.8) is 0 Å². The van der Waals surface area contributed by atoms with Crippen LogP contribution in [-0.2, 0) is 22.7 Å². The average molecular weight is 463 g/mol. The van der Waals surface area contributed by atoms with Gasteiger partial charge in [0, 0.05) is 16.3 Å². The first kappa shape index (κ1) is 21.3. The van der Waals surface area contributed by atoms with Crippen LogP contribution in [0.15, 0.2) is 48.5 Å². The van der Waals surface area contributed by atoms with Gasteiger partial charge in [0.1, 0.15) is 6.10 Å². The van der Waals surface area contributed by atoms with E-state index in [0.29, 0.717) is 16.7 Å². The van der Waals surface area contributed by atoms with Crippen molar-refractivity contribution in [3.05, 3.63) is 69.7 Å². The fourth-order valence-corrected chi connectivity index (χ4v) is 3.11. The summed E-state index contributed by atoms with van der Waals surface area (Å²) in [4.78, 5) is -0.404. The van der Waals surface area contributed by atoms with Gasteiger partial charge in [0.15, 0.2) is 6.17 Å². The molecule has 7 heteroatoms. The van der Waals surface area contributed by atoms with Gasteiger partial charge in [0.2, 0.25) is 0 Å². The third-order valence-electron chi connectivity index (χ3n) is 3.64. The quantitative estimate of drug-likeness (QED) is 0.355. The molecule has 0 amide bonds. The highest BCUT2D eigenvalue weighted by Gasteiger charge is 2.28. The van der Waals surface area contributed by atoms with E-state index in [9.17, 15) is 4.39 Å². The van der Waals surface area contributed by atoms with E-state index in [1.54, 1.807) is 24.3 Å². The minimum atomic E-state index is -1.54. The van der Waals surface area contributed by atoms with Crippen molar-refractivity contribution in [3.8, 4) is 0 Å². The molecule has 0 heterocycles. The lowest BCUT2D eigenvalue weighted by Crippen LogP contribution is -2.37. The van der Waals surface area contributed by atoms with Crippen molar-refractivity contribution < 1.29 is 13.9 Å².